The Morgan fingerprint density at radius 1 is 1.16 bits per heavy atom. The summed E-state index contributed by atoms with van der Waals surface area (Å²) in [6, 6.07) is 12.1. The predicted molar refractivity (Wildman–Crippen MR) is 124 cm³/mol. The van der Waals surface area contributed by atoms with Crippen LogP contribution in [0.25, 0.3) is 4.91 Å². The van der Waals surface area contributed by atoms with Crippen LogP contribution in [0.2, 0.25) is 10.0 Å². The molecular weight excluding hydrogens is 455 g/mol. The number of nitrogens with zero attached hydrogens (tertiary/aromatic N) is 2. The molecule has 2 aromatic rings. The average Bonchev–Trinajstić information content (AvgIpc) is 3.09. The molecule has 2 aliphatic heterocycles. The number of hydrogen-bond acceptors (Lipinski definition) is 6. The highest BCUT2D eigenvalue weighted by Gasteiger charge is 2.38. The highest BCUT2D eigenvalue weighted by Crippen LogP contribution is 2.49. The van der Waals surface area contributed by atoms with Gasteiger partial charge in [0.05, 0.1) is 28.2 Å². The molecule has 31 heavy (non-hydrogen) atoms. The van der Waals surface area contributed by atoms with Gasteiger partial charge in [-0.15, -0.1) is 0 Å². The average molecular weight is 474 g/mol. The Morgan fingerprint density at radius 2 is 1.84 bits per heavy atom. The summed E-state index contributed by atoms with van der Waals surface area (Å²) in [5, 5.41) is 13.8. The monoisotopic (exact) mass is 473 g/mol. The Morgan fingerprint density at radius 3 is 2.48 bits per heavy atom. The molecule has 160 valence electrons. The van der Waals surface area contributed by atoms with Gasteiger partial charge in [-0.2, -0.15) is 0 Å². The molecule has 0 bridgehead atoms. The van der Waals surface area contributed by atoms with Crippen LogP contribution >= 0.6 is 35.0 Å². The molecule has 1 unspecified atom stereocenters. The van der Waals surface area contributed by atoms with E-state index >= 15 is 0 Å². The van der Waals surface area contributed by atoms with Gasteiger partial charge in [-0.3, -0.25) is 0 Å². The van der Waals surface area contributed by atoms with Crippen LogP contribution in [0.4, 0.5) is 0 Å². The molecule has 0 saturated heterocycles. The number of carbonyl (C=O) groups is 1. The van der Waals surface area contributed by atoms with Crippen LogP contribution in [-0.2, 0) is 4.79 Å². The van der Waals surface area contributed by atoms with Crippen molar-refractivity contribution in [2.45, 2.75) is 32.9 Å². The maximum absolute atomic E-state index is 12.2. The van der Waals surface area contributed by atoms with Gasteiger partial charge >= 0.3 is 0 Å². The van der Waals surface area contributed by atoms with E-state index in [1.807, 2.05) is 49.2 Å². The van der Waals surface area contributed by atoms with Crippen LogP contribution in [0.3, 0.4) is 0 Å². The smallest absolute Gasteiger partial charge is 0.173 e. The lowest BCUT2D eigenvalue weighted by atomic mass is 9.94. The standard InChI is InChI=1S/C23H20Cl2N2O3S/c1-12(2)30-17-10-5-4-7-14(17)21-19(22(28)29)13(3)26-23-27(21)11-18(31-23)20-15(24)8-6-9-16(20)25/h4-12,21H,1-3H3,(H,28,29)/p-1. The Labute approximate surface area is 195 Å². The van der Waals surface area contributed by atoms with Crippen molar-refractivity contribution in [3.8, 4) is 5.75 Å². The Kier molecular flexibility index (Phi) is 6.06. The number of fused-ring (bicyclic) bond motifs is 1. The molecule has 0 aromatic heterocycles. The van der Waals surface area contributed by atoms with Gasteiger partial charge in [-0.25, -0.2) is 4.99 Å². The van der Waals surface area contributed by atoms with Gasteiger partial charge in [0.1, 0.15) is 5.75 Å². The number of rotatable bonds is 5. The van der Waals surface area contributed by atoms with Crippen molar-refractivity contribution in [1.82, 2.24) is 4.90 Å². The van der Waals surface area contributed by atoms with E-state index in [2.05, 4.69) is 4.99 Å². The molecule has 2 aliphatic rings. The topological polar surface area (TPSA) is 65.0 Å². The van der Waals surface area contributed by atoms with Crippen molar-refractivity contribution in [1.29, 1.82) is 0 Å². The van der Waals surface area contributed by atoms with Gasteiger partial charge in [0, 0.05) is 33.5 Å². The number of hydrogen-bond donors (Lipinski definition) is 0. The summed E-state index contributed by atoms with van der Waals surface area (Å²) < 4.78 is 5.99. The minimum atomic E-state index is -1.27. The van der Waals surface area contributed by atoms with Crippen LogP contribution in [0.15, 0.2) is 64.9 Å². The van der Waals surface area contributed by atoms with Gasteiger partial charge in [-0.05, 0) is 50.7 Å². The van der Waals surface area contributed by atoms with Crippen molar-refractivity contribution in [3.05, 3.63) is 81.1 Å². The zero-order valence-electron chi connectivity index (χ0n) is 17.1. The van der Waals surface area contributed by atoms with Crippen LogP contribution in [0, 0.1) is 0 Å². The normalized spacial score (nSPS) is 18.1. The van der Waals surface area contributed by atoms with E-state index in [0.717, 1.165) is 4.91 Å². The number of thioether (sulfide) groups is 1. The van der Waals surface area contributed by atoms with E-state index in [1.54, 1.807) is 25.1 Å². The summed E-state index contributed by atoms with van der Waals surface area (Å²) >= 11 is 14.2. The van der Waals surface area contributed by atoms with E-state index in [9.17, 15) is 9.90 Å². The molecule has 2 heterocycles. The third-order valence-electron chi connectivity index (χ3n) is 4.89. The van der Waals surface area contributed by atoms with Gasteiger partial charge in [0.2, 0.25) is 0 Å². The Bertz CT molecular complexity index is 1140. The molecule has 0 spiro atoms. The second kappa shape index (κ2) is 8.61. The van der Waals surface area contributed by atoms with E-state index < -0.39 is 12.0 Å². The number of aliphatic carboxylic acids is 1. The van der Waals surface area contributed by atoms with Crippen molar-refractivity contribution in [2.75, 3.05) is 0 Å². The molecule has 5 nitrogen and oxygen atoms in total. The van der Waals surface area contributed by atoms with Crippen molar-refractivity contribution < 1.29 is 14.6 Å². The Hall–Kier alpha value is -2.41. The number of halogens is 2. The van der Waals surface area contributed by atoms with Gasteiger partial charge in [0.15, 0.2) is 5.17 Å². The number of allylic oxidation sites excluding steroid dienone is 1. The third-order valence-corrected chi connectivity index (χ3v) is 6.53. The predicted octanol–water partition coefficient (Wildman–Crippen LogP) is 5.26. The lowest BCUT2D eigenvalue weighted by molar-refractivity contribution is -0.300. The molecule has 4 rings (SSSR count). The SMILES string of the molecule is CC1=C(C(=O)[O-])C(c2ccccc2OC(C)C)N2C=C(c3c(Cl)cccc3Cl)SC2=N1. The fraction of sp³-hybridized carbons (Fsp3) is 0.217. The molecule has 0 aliphatic carbocycles. The van der Waals surface area contributed by atoms with Gasteiger partial charge in [0.25, 0.3) is 0 Å². The summed E-state index contributed by atoms with van der Waals surface area (Å²) in [7, 11) is 0. The van der Waals surface area contributed by atoms with E-state index in [0.29, 0.717) is 37.8 Å². The molecule has 0 fully saturated rings. The van der Waals surface area contributed by atoms with E-state index in [-0.39, 0.29) is 11.7 Å². The first-order valence-corrected chi connectivity index (χ1v) is 11.2. The van der Waals surface area contributed by atoms with Gasteiger partial charge < -0.3 is 19.5 Å². The van der Waals surface area contributed by atoms with E-state index in [1.165, 1.54) is 11.8 Å². The molecule has 1 atom stereocenters. The first-order chi connectivity index (χ1) is 14.8. The molecular formula is C23H19Cl2N2O3S-. The minimum absolute atomic E-state index is 0.0738. The number of carboxylic acid groups (broad SMARTS) is 1. The van der Waals surface area contributed by atoms with Gasteiger partial charge in [-0.1, -0.05) is 47.5 Å². The maximum Gasteiger partial charge on any atom is 0.173 e. The molecule has 0 N–H and O–H groups in total. The molecule has 0 saturated carbocycles. The summed E-state index contributed by atoms with van der Waals surface area (Å²) in [5.74, 6) is -0.662. The fourth-order valence-corrected chi connectivity index (χ4v) is 5.49. The van der Waals surface area contributed by atoms with Crippen molar-refractivity contribution in [3.63, 3.8) is 0 Å². The first-order valence-electron chi connectivity index (χ1n) is 9.66. The maximum atomic E-state index is 12.2. The lowest BCUT2D eigenvalue weighted by Gasteiger charge is -2.35. The molecule has 2 aromatic carbocycles. The second-order valence-electron chi connectivity index (χ2n) is 7.39. The Balaban J connectivity index is 1.88. The number of benzene rings is 2. The second-order valence-corrected chi connectivity index (χ2v) is 9.21. The number of amidine groups is 1. The van der Waals surface area contributed by atoms with Crippen LogP contribution < -0.4 is 9.84 Å². The van der Waals surface area contributed by atoms with Crippen molar-refractivity contribution in [2.24, 2.45) is 4.99 Å². The summed E-state index contributed by atoms with van der Waals surface area (Å²) in [6.07, 6.45) is 1.76. The largest absolute Gasteiger partial charge is 0.545 e. The lowest BCUT2D eigenvalue weighted by Crippen LogP contribution is -2.38. The fourth-order valence-electron chi connectivity index (χ4n) is 3.65. The number of para-hydroxylation sites is 1. The zero-order valence-corrected chi connectivity index (χ0v) is 19.4. The van der Waals surface area contributed by atoms with Crippen LogP contribution in [0.5, 0.6) is 5.75 Å². The summed E-state index contributed by atoms with van der Waals surface area (Å²) in [6.45, 7) is 5.53. The number of carbonyl (C=O) groups excluding carboxylic acids is 1. The highest BCUT2D eigenvalue weighted by atomic mass is 35.5. The van der Waals surface area contributed by atoms with Crippen molar-refractivity contribution >= 4 is 51.0 Å². The summed E-state index contributed by atoms with van der Waals surface area (Å²) in [4.78, 5) is 19.3. The molecule has 0 radical (unpaired) electrons. The third kappa shape index (κ3) is 4.07. The number of aliphatic imine (C=N–C) groups is 1. The minimum Gasteiger partial charge on any atom is -0.545 e. The number of carboxylic acids is 1. The first kappa shape index (κ1) is 21.8. The summed E-state index contributed by atoms with van der Waals surface area (Å²) in [5.41, 5.74) is 1.88. The quantitative estimate of drug-likeness (QED) is 0.592. The zero-order chi connectivity index (χ0) is 22.3. The molecule has 0 amide bonds. The van der Waals surface area contributed by atoms with Crippen LogP contribution in [-0.4, -0.2) is 22.1 Å². The van der Waals surface area contributed by atoms with Crippen LogP contribution in [0.1, 0.15) is 37.9 Å². The highest BCUT2D eigenvalue weighted by molar-refractivity contribution is 8.22. The molecule has 8 heteroatoms. The van der Waals surface area contributed by atoms with E-state index in [4.69, 9.17) is 27.9 Å². The number of ether oxygens (including phenoxy) is 1.